The van der Waals surface area contributed by atoms with Gasteiger partial charge in [0, 0.05) is 20.1 Å². The van der Waals surface area contributed by atoms with Crippen LogP contribution in [0.2, 0.25) is 0 Å². The van der Waals surface area contributed by atoms with Crippen LogP contribution in [0.1, 0.15) is 6.42 Å². The van der Waals surface area contributed by atoms with E-state index in [2.05, 4.69) is 21.9 Å². The highest BCUT2D eigenvalue weighted by Crippen LogP contribution is 2.20. The van der Waals surface area contributed by atoms with E-state index in [0.29, 0.717) is 5.92 Å². The van der Waals surface area contributed by atoms with Crippen LogP contribution in [0.5, 0.6) is 0 Å². The molecule has 1 aliphatic heterocycles. The molecule has 2 heterocycles. The first-order valence-electron chi connectivity index (χ1n) is 5.74. The normalized spacial score (nSPS) is 20.8. The lowest BCUT2D eigenvalue weighted by molar-refractivity contribution is 0.395. The zero-order chi connectivity index (χ0) is 12.4. The van der Waals surface area contributed by atoms with E-state index < -0.39 is 5.82 Å². The molecule has 1 saturated heterocycles. The van der Waals surface area contributed by atoms with Gasteiger partial charge >= 0.3 is 0 Å². The van der Waals surface area contributed by atoms with Crippen molar-refractivity contribution in [3.05, 3.63) is 12.0 Å². The Hall–Kier alpha value is -1.43. The van der Waals surface area contributed by atoms with E-state index in [-0.39, 0.29) is 11.8 Å². The monoisotopic (exact) mass is 239 g/mol. The molecule has 1 aliphatic rings. The zero-order valence-electron chi connectivity index (χ0n) is 10.2. The van der Waals surface area contributed by atoms with Gasteiger partial charge in [-0.1, -0.05) is 0 Å². The number of rotatable bonds is 3. The molecule has 1 fully saturated rings. The van der Waals surface area contributed by atoms with Gasteiger partial charge in [-0.15, -0.1) is 0 Å². The van der Waals surface area contributed by atoms with Gasteiger partial charge in [0.15, 0.2) is 11.6 Å². The van der Waals surface area contributed by atoms with Crippen molar-refractivity contribution in [2.45, 2.75) is 6.42 Å². The fourth-order valence-corrected chi connectivity index (χ4v) is 2.29. The molecule has 1 atom stereocenters. The number of hydrogen-bond acceptors (Lipinski definition) is 5. The molecule has 17 heavy (non-hydrogen) atoms. The minimum Gasteiger partial charge on any atom is -0.368 e. The summed E-state index contributed by atoms with van der Waals surface area (Å²) in [5, 5.41) is 0. The first kappa shape index (κ1) is 12.0. The molecular weight excluding hydrogens is 221 g/mol. The fraction of sp³-hybridized carbons (Fsp3) is 0.636. The predicted molar refractivity (Wildman–Crippen MR) is 65.3 cm³/mol. The van der Waals surface area contributed by atoms with Gasteiger partial charge in [-0.25, -0.2) is 9.37 Å². The lowest BCUT2D eigenvalue weighted by atomic mass is 10.1. The van der Waals surface area contributed by atoms with Crippen molar-refractivity contribution in [3.63, 3.8) is 0 Å². The van der Waals surface area contributed by atoms with Crippen molar-refractivity contribution in [3.8, 4) is 0 Å². The Kier molecular flexibility index (Phi) is 3.42. The number of hydrogen-bond donors (Lipinski definition) is 1. The van der Waals surface area contributed by atoms with Gasteiger partial charge in [-0.3, -0.25) is 0 Å². The van der Waals surface area contributed by atoms with Crippen molar-refractivity contribution in [2.24, 2.45) is 5.92 Å². The summed E-state index contributed by atoms with van der Waals surface area (Å²) in [6.07, 6.45) is 2.26. The maximum Gasteiger partial charge on any atom is 0.222 e. The van der Waals surface area contributed by atoms with Gasteiger partial charge in [0.25, 0.3) is 0 Å². The Morgan fingerprint density at radius 2 is 2.41 bits per heavy atom. The molecule has 0 aromatic carbocycles. The molecule has 1 aromatic heterocycles. The van der Waals surface area contributed by atoms with Gasteiger partial charge in [0.1, 0.15) is 0 Å². The van der Waals surface area contributed by atoms with E-state index in [1.54, 1.807) is 0 Å². The van der Waals surface area contributed by atoms with Crippen LogP contribution in [0.15, 0.2) is 6.20 Å². The number of halogens is 1. The third-order valence-corrected chi connectivity index (χ3v) is 3.13. The Balaban J connectivity index is 2.04. The molecule has 5 nitrogen and oxygen atoms in total. The first-order chi connectivity index (χ1) is 8.06. The van der Waals surface area contributed by atoms with E-state index >= 15 is 0 Å². The molecule has 0 amide bonds. The predicted octanol–water partition coefficient (Wildman–Crippen LogP) is 0.586. The highest BCUT2D eigenvalue weighted by Gasteiger charge is 2.22. The van der Waals surface area contributed by atoms with E-state index in [0.717, 1.165) is 32.3 Å². The van der Waals surface area contributed by atoms with Crippen LogP contribution < -0.4 is 10.6 Å². The van der Waals surface area contributed by atoms with Gasteiger partial charge < -0.3 is 15.5 Å². The standard InChI is InChI=1S/C11H18FN5/c1-16-4-3-8(6-16)7-17(2)10-9(12)5-14-11(13)15-10/h5,8H,3-4,6-7H2,1-2H3,(H2,13,14,15). The highest BCUT2D eigenvalue weighted by atomic mass is 19.1. The molecule has 0 aliphatic carbocycles. The fourth-order valence-electron chi connectivity index (χ4n) is 2.29. The molecule has 0 spiro atoms. The SMILES string of the molecule is CN1CCC(CN(C)c2nc(N)ncc2F)C1. The second-order valence-corrected chi connectivity index (χ2v) is 4.70. The van der Waals surface area contributed by atoms with E-state index in [1.165, 1.54) is 0 Å². The Bertz CT molecular complexity index is 397. The summed E-state index contributed by atoms with van der Waals surface area (Å²) in [7, 11) is 3.94. The third kappa shape index (κ3) is 2.82. The zero-order valence-corrected chi connectivity index (χ0v) is 10.2. The Morgan fingerprint density at radius 3 is 3.06 bits per heavy atom. The van der Waals surface area contributed by atoms with Crippen LogP contribution in [0.3, 0.4) is 0 Å². The average molecular weight is 239 g/mol. The van der Waals surface area contributed by atoms with Crippen molar-refractivity contribution >= 4 is 11.8 Å². The summed E-state index contributed by atoms with van der Waals surface area (Å²) in [5.74, 6) is 0.525. The molecule has 6 heteroatoms. The number of anilines is 2. The summed E-state index contributed by atoms with van der Waals surface area (Å²) >= 11 is 0. The second-order valence-electron chi connectivity index (χ2n) is 4.70. The Labute approximate surface area is 100 Å². The summed E-state index contributed by atoms with van der Waals surface area (Å²) < 4.78 is 13.5. The van der Waals surface area contributed by atoms with E-state index in [9.17, 15) is 4.39 Å². The maximum atomic E-state index is 13.5. The Morgan fingerprint density at radius 1 is 1.65 bits per heavy atom. The smallest absolute Gasteiger partial charge is 0.222 e. The van der Waals surface area contributed by atoms with Crippen molar-refractivity contribution in [1.29, 1.82) is 0 Å². The molecule has 2 rings (SSSR count). The van der Waals surface area contributed by atoms with Crippen LogP contribution in [0, 0.1) is 11.7 Å². The van der Waals surface area contributed by atoms with Crippen molar-refractivity contribution < 1.29 is 4.39 Å². The van der Waals surface area contributed by atoms with Gasteiger partial charge in [-0.05, 0) is 25.9 Å². The van der Waals surface area contributed by atoms with E-state index in [4.69, 9.17) is 5.73 Å². The highest BCUT2D eigenvalue weighted by molar-refractivity contribution is 5.41. The summed E-state index contributed by atoms with van der Waals surface area (Å²) in [4.78, 5) is 11.7. The summed E-state index contributed by atoms with van der Waals surface area (Å²) in [5.41, 5.74) is 5.47. The molecule has 94 valence electrons. The molecule has 0 bridgehead atoms. The van der Waals surface area contributed by atoms with Gasteiger partial charge in [0.05, 0.1) is 6.20 Å². The van der Waals surface area contributed by atoms with Crippen LogP contribution in [0.25, 0.3) is 0 Å². The third-order valence-electron chi connectivity index (χ3n) is 3.13. The maximum absolute atomic E-state index is 13.5. The minimum absolute atomic E-state index is 0.108. The number of aromatic nitrogens is 2. The molecule has 0 saturated carbocycles. The van der Waals surface area contributed by atoms with Crippen LogP contribution in [0.4, 0.5) is 16.2 Å². The summed E-state index contributed by atoms with van der Waals surface area (Å²) in [6.45, 7) is 2.94. The average Bonchev–Trinajstić information content (AvgIpc) is 2.67. The lowest BCUT2D eigenvalue weighted by Gasteiger charge is -2.22. The molecule has 1 aromatic rings. The van der Waals surface area contributed by atoms with E-state index in [1.807, 2.05) is 11.9 Å². The quantitative estimate of drug-likeness (QED) is 0.836. The topological polar surface area (TPSA) is 58.3 Å². The largest absolute Gasteiger partial charge is 0.368 e. The number of likely N-dealkylation sites (tertiary alicyclic amines) is 1. The number of nitrogen functional groups attached to an aromatic ring is 1. The number of nitrogens with two attached hydrogens (primary N) is 1. The first-order valence-corrected chi connectivity index (χ1v) is 5.74. The minimum atomic E-state index is -0.423. The second kappa shape index (κ2) is 4.83. The molecule has 1 unspecified atom stereocenters. The summed E-state index contributed by atoms with van der Waals surface area (Å²) in [6, 6.07) is 0. The van der Waals surface area contributed by atoms with Crippen LogP contribution in [-0.4, -0.2) is 48.6 Å². The molecule has 2 N–H and O–H groups in total. The molecular formula is C11H18FN5. The van der Waals surface area contributed by atoms with Gasteiger partial charge in [-0.2, -0.15) is 4.98 Å². The van der Waals surface area contributed by atoms with Crippen LogP contribution in [-0.2, 0) is 0 Å². The van der Waals surface area contributed by atoms with Crippen molar-refractivity contribution in [2.75, 3.05) is 44.4 Å². The van der Waals surface area contributed by atoms with Crippen LogP contribution >= 0.6 is 0 Å². The molecule has 0 radical (unpaired) electrons. The number of nitrogens with zero attached hydrogens (tertiary/aromatic N) is 4. The van der Waals surface area contributed by atoms with Crippen molar-refractivity contribution in [1.82, 2.24) is 14.9 Å². The lowest BCUT2D eigenvalue weighted by Crippen LogP contribution is -2.28. The van der Waals surface area contributed by atoms with Gasteiger partial charge in [0.2, 0.25) is 5.95 Å².